The van der Waals surface area contributed by atoms with Crippen molar-refractivity contribution in [3.05, 3.63) is 12.2 Å². The summed E-state index contributed by atoms with van der Waals surface area (Å²) in [6.45, 7) is 4.13. The molecular weight excluding hydrogens is 208 g/mol. The van der Waals surface area contributed by atoms with Crippen molar-refractivity contribution in [2.75, 3.05) is 0 Å². The Morgan fingerprint density at radius 1 is 1.41 bits per heavy atom. The van der Waals surface area contributed by atoms with Gasteiger partial charge in [-0.1, -0.05) is 25.8 Å². The average Bonchev–Trinajstić information content (AvgIpc) is 2.51. The molecule has 0 saturated heterocycles. The number of carbonyl (C=O) groups excluding carboxylic acids is 1. The monoisotopic (exact) mass is 232 g/mol. The van der Waals surface area contributed by atoms with Crippen LogP contribution >= 0.6 is 0 Å². The molecule has 17 heavy (non-hydrogen) atoms. The van der Waals surface area contributed by atoms with Gasteiger partial charge in [0.25, 0.3) is 0 Å². The number of hydrogen-bond acceptors (Lipinski definition) is 1. The van der Waals surface area contributed by atoms with Crippen LogP contribution in [-0.4, -0.2) is 5.78 Å². The van der Waals surface area contributed by atoms with Crippen molar-refractivity contribution in [2.45, 2.75) is 65.2 Å². The highest BCUT2D eigenvalue weighted by molar-refractivity contribution is 5.89. The molecule has 0 aromatic rings. The second kappa shape index (κ2) is 7.33. The van der Waals surface area contributed by atoms with Crippen LogP contribution in [0.15, 0.2) is 12.2 Å². The van der Waals surface area contributed by atoms with Crippen LogP contribution in [0.25, 0.3) is 0 Å². The topological polar surface area (TPSA) is 17.1 Å². The molecule has 0 aromatic heterocycles. The number of allylic oxidation sites excluding steroid dienone is 2. The largest absolute Gasteiger partial charge is 0.295 e. The minimum Gasteiger partial charge on any atom is -0.295 e. The quantitative estimate of drug-likeness (QED) is 0.647. The summed E-state index contributed by atoms with van der Waals surface area (Å²) in [5, 5.41) is 0. The fraction of sp³-hybridized carbons (Fsp3) is 0.688. The third-order valence-electron chi connectivity index (χ3n) is 3.77. The van der Waals surface area contributed by atoms with Crippen LogP contribution in [0.5, 0.6) is 0 Å². The Bertz CT molecular complexity index is 329. The summed E-state index contributed by atoms with van der Waals surface area (Å²) in [7, 11) is 0. The highest BCUT2D eigenvalue weighted by Crippen LogP contribution is 2.40. The molecule has 0 amide bonds. The van der Waals surface area contributed by atoms with Gasteiger partial charge in [-0.05, 0) is 44.1 Å². The van der Waals surface area contributed by atoms with Gasteiger partial charge in [-0.3, -0.25) is 4.79 Å². The van der Waals surface area contributed by atoms with Gasteiger partial charge >= 0.3 is 0 Å². The van der Waals surface area contributed by atoms with E-state index in [4.69, 9.17) is 0 Å². The smallest absolute Gasteiger partial charge is 0.155 e. The van der Waals surface area contributed by atoms with E-state index in [0.29, 0.717) is 11.2 Å². The molecule has 1 heteroatoms. The van der Waals surface area contributed by atoms with Crippen molar-refractivity contribution in [1.82, 2.24) is 0 Å². The first-order valence-corrected chi connectivity index (χ1v) is 6.81. The van der Waals surface area contributed by atoms with E-state index in [9.17, 15) is 4.79 Å². The Balaban J connectivity index is 2.65. The van der Waals surface area contributed by atoms with Crippen LogP contribution in [0.1, 0.15) is 65.2 Å². The van der Waals surface area contributed by atoms with Gasteiger partial charge in [0.2, 0.25) is 0 Å². The van der Waals surface area contributed by atoms with Crippen LogP contribution in [-0.2, 0) is 4.79 Å². The second-order valence-corrected chi connectivity index (χ2v) is 5.10. The van der Waals surface area contributed by atoms with Crippen LogP contribution in [0, 0.1) is 17.3 Å². The van der Waals surface area contributed by atoms with E-state index < -0.39 is 0 Å². The summed E-state index contributed by atoms with van der Waals surface area (Å²) >= 11 is 0. The van der Waals surface area contributed by atoms with Gasteiger partial charge in [-0.2, -0.15) is 0 Å². The predicted molar refractivity (Wildman–Crippen MR) is 72.6 cm³/mol. The first-order chi connectivity index (χ1) is 8.22. The summed E-state index contributed by atoms with van der Waals surface area (Å²) in [6, 6.07) is 0. The zero-order chi connectivity index (χ0) is 12.6. The lowest BCUT2D eigenvalue weighted by atomic mass is 9.73. The number of unbranched alkanes of at least 4 members (excludes halogenated alkanes) is 1. The van der Waals surface area contributed by atoms with Gasteiger partial charge in [0.15, 0.2) is 5.78 Å². The average molecular weight is 232 g/mol. The molecule has 1 aliphatic rings. The molecule has 0 heterocycles. The molecule has 0 saturated carbocycles. The highest BCUT2D eigenvalue weighted by atomic mass is 16.1. The first-order valence-electron chi connectivity index (χ1n) is 6.81. The fourth-order valence-electron chi connectivity index (χ4n) is 2.60. The summed E-state index contributed by atoms with van der Waals surface area (Å²) < 4.78 is 0. The maximum atomic E-state index is 11.5. The molecular formula is C16H24O. The summed E-state index contributed by atoms with van der Waals surface area (Å²) in [5.74, 6) is 6.44. The zero-order valence-electron chi connectivity index (χ0n) is 11.2. The summed E-state index contributed by atoms with van der Waals surface area (Å²) in [4.78, 5) is 11.5. The normalized spacial score (nSPS) is 24.0. The molecule has 1 rings (SSSR count). The van der Waals surface area contributed by atoms with E-state index in [1.165, 1.54) is 19.3 Å². The Hall–Kier alpha value is -1.03. The standard InChI is InChI=1S/C16H24O/c1-3-5-7-12-16(11-6-4-2)13-8-9-15(17)10-14-16/h8-9H,4,6-7,10-14H2,1-2H3. The number of hydrogen-bond donors (Lipinski definition) is 0. The molecule has 1 aliphatic carbocycles. The number of ketones is 1. The lowest BCUT2D eigenvalue weighted by molar-refractivity contribution is -0.115. The molecule has 0 bridgehead atoms. The number of rotatable bonds is 5. The minimum atomic E-state index is 0.296. The van der Waals surface area contributed by atoms with Crippen molar-refractivity contribution in [1.29, 1.82) is 0 Å². The Morgan fingerprint density at radius 3 is 2.94 bits per heavy atom. The van der Waals surface area contributed by atoms with E-state index in [-0.39, 0.29) is 0 Å². The summed E-state index contributed by atoms with van der Waals surface area (Å²) in [5.41, 5.74) is 0.336. The third-order valence-corrected chi connectivity index (χ3v) is 3.77. The van der Waals surface area contributed by atoms with Gasteiger partial charge in [0, 0.05) is 12.8 Å². The fourth-order valence-corrected chi connectivity index (χ4v) is 2.60. The maximum Gasteiger partial charge on any atom is 0.155 e. The van der Waals surface area contributed by atoms with E-state index in [0.717, 1.165) is 32.1 Å². The molecule has 94 valence electrons. The molecule has 1 atom stereocenters. The minimum absolute atomic E-state index is 0.296. The van der Waals surface area contributed by atoms with E-state index in [1.807, 2.05) is 6.92 Å². The molecule has 0 aliphatic heterocycles. The van der Waals surface area contributed by atoms with Crippen LogP contribution in [0.2, 0.25) is 0 Å². The SMILES string of the molecule is CC#CCCC1(CCCC)CC=CC(=O)CC1. The van der Waals surface area contributed by atoms with Crippen molar-refractivity contribution in [3.8, 4) is 11.8 Å². The summed E-state index contributed by atoms with van der Waals surface area (Å²) in [6.07, 6.45) is 12.6. The second-order valence-electron chi connectivity index (χ2n) is 5.10. The lowest BCUT2D eigenvalue weighted by Gasteiger charge is -2.31. The van der Waals surface area contributed by atoms with Gasteiger partial charge in [-0.25, -0.2) is 0 Å². The highest BCUT2D eigenvalue weighted by Gasteiger charge is 2.29. The van der Waals surface area contributed by atoms with Crippen molar-refractivity contribution in [2.24, 2.45) is 5.41 Å². The van der Waals surface area contributed by atoms with E-state index in [1.54, 1.807) is 6.08 Å². The molecule has 1 nitrogen and oxygen atoms in total. The molecule has 1 unspecified atom stereocenters. The molecule has 0 aromatic carbocycles. The maximum absolute atomic E-state index is 11.5. The predicted octanol–water partition coefficient (Wildman–Crippen LogP) is 4.28. The van der Waals surface area contributed by atoms with Gasteiger partial charge < -0.3 is 0 Å². The van der Waals surface area contributed by atoms with Crippen LogP contribution < -0.4 is 0 Å². The number of carbonyl (C=O) groups is 1. The Morgan fingerprint density at radius 2 is 2.24 bits per heavy atom. The van der Waals surface area contributed by atoms with Gasteiger partial charge in [-0.15, -0.1) is 11.8 Å². The van der Waals surface area contributed by atoms with Crippen molar-refractivity contribution in [3.63, 3.8) is 0 Å². The Labute approximate surface area is 106 Å². The van der Waals surface area contributed by atoms with E-state index in [2.05, 4.69) is 24.8 Å². The van der Waals surface area contributed by atoms with Crippen molar-refractivity contribution < 1.29 is 4.79 Å². The molecule has 0 radical (unpaired) electrons. The van der Waals surface area contributed by atoms with Crippen LogP contribution in [0.4, 0.5) is 0 Å². The lowest BCUT2D eigenvalue weighted by Crippen LogP contribution is -2.20. The van der Waals surface area contributed by atoms with Crippen LogP contribution in [0.3, 0.4) is 0 Å². The molecule has 0 spiro atoms. The van der Waals surface area contributed by atoms with E-state index >= 15 is 0 Å². The first kappa shape index (κ1) is 14.0. The Kier molecular flexibility index (Phi) is 6.05. The molecule has 0 N–H and O–H groups in total. The van der Waals surface area contributed by atoms with Crippen molar-refractivity contribution >= 4 is 5.78 Å². The van der Waals surface area contributed by atoms with Gasteiger partial charge in [0.1, 0.15) is 0 Å². The van der Waals surface area contributed by atoms with Gasteiger partial charge in [0.05, 0.1) is 0 Å². The zero-order valence-corrected chi connectivity index (χ0v) is 11.2. The third kappa shape index (κ3) is 4.77. The molecule has 0 fully saturated rings.